The molecule has 1 aliphatic heterocycles. The van der Waals surface area contributed by atoms with Crippen LogP contribution in [-0.4, -0.2) is 29.7 Å². The smallest absolute Gasteiger partial charge is 0.254 e. The lowest BCUT2D eigenvalue weighted by atomic mass is 9.95. The number of aromatic nitrogens is 1. The van der Waals surface area contributed by atoms with Crippen LogP contribution in [0.4, 0.5) is 8.78 Å². The predicted octanol–water partition coefficient (Wildman–Crippen LogP) is 6.24. The highest BCUT2D eigenvalue weighted by Gasteiger charge is 2.26. The number of fused-ring (bicyclic) bond motifs is 1. The van der Waals surface area contributed by atoms with Crippen LogP contribution < -0.4 is 15.4 Å². The monoisotopic (exact) mass is 519 g/mol. The zero-order valence-electron chi connectivity index (χ0n) is 22.2. The minimum absolute atomic E-state index is 0.0759. The fourth-order valence-electron chi connectivity index (χ4n) is 5.52. The molecule has 2 atom stereocenters. The number of benzene rings is 2. The van der Waals surface area contributed by atoms with Crippen LogP contribution in [0.2, 0.25) is 0 Å². The molecule has 0 bridgehead atoms. The van der Waals surface area contributed by atoms with Gasteiger partial charge in [0, 0.05) is 36.8 Å². The molecular formula is C31H35F2N3O2. The molecule has 2 aromatic carbocycles. The second-order valence-electron chi connectivity index (χ2n) is 10.7. The topological polar surface area (TPSA) is 55.3 Å². The molecule has 2 heterocycles. The summed E-state index contributed by atoms with van der Waals surface area (Å²) in [5.41, 5.74) is 4.33. The van der Waals surface area contributed by atoms with E-state index >= 15 is 0 Å². The van der Waals surface area contributed by atoms with Gasteiger partial charge in [-0.25, -0.2) is 8.78 Å². The van der Waals surface area contributed by atoms with Crippen molar-refractivity contribution < 1.29 is 18.3 Å². The number of hydrogen-bond donors (Lipinski definition) is 2. The Balaban J connectivity index is 1.54. The minimum atomic E-state index is -0.926. The molecule has 1 aliphatic carbocycles. The van der Waals surface area contributed by atoms with Crippen molar-refractivity contribution in [3.8, 4) is 5.75 Å². The lowest BCUT2D eigenvalue weighted by Crippen LogP contribution is -2.24. The third-order valence-electron chi connectivity index (χ3n) is 7.32. The molecule has 2 aliphatic rings. The number of nitrogens with one attached hydrogen (secondary N) is 2. The minimum Gasteiger partial charge on any atom is -0.489 e. The van der Waals surface area contributed by atoms with Crippen molar-refractivity contribution in [1.29, 1.82) is 0 Å². The summed E-state index contributed by atoms with van der Waals surface area (Å²) in [6.45, 7) is 8.95. The first-order valence-electron chi connectivity index (χ1n) is 13.4. The Morgan fingerprint density at radius 3 is 2.74 bits per heavy atom. The van der Waals surface area contributed by atoms with E-state index in [1.165, 1.54) is 11.6 Å². The van der Waals surface area contributed by atoms with Crippen molar-refractivity contribution in [1.82, 2.24) is 15.2 Å². The van der Waals surface area contributed by atoms with Gasteiger partial charge in [0.1, 0.15) is 11.9 Å². The molecule has 2 N–H and O–H groups in total. The third kappa shape index (κ3) is 5.53. The van der Waals surface area contributed by atoms with Gasteiger partial charge < -0.3 is 19.9 Å². The molecule has 1 amide bonds. The van der Waals surface area contributed by atoms with Crippen LogP contribution in [0.5, 0.6) is 5.75 Å². The number of hydrogen-bond acceptors (Lipinski definition) is 3. The summed E-state index contributed by atoms with van der Waals surface area (Å²) in [6, 6.07) is 9.64. The van der Waals surface area contributed by atoms with Gasteiger partial charge >= 0.3 is 0 Å². The molecule has 2 unspecified atom stereocenters. The van der Waals surface area contributed by atoms with Crippen LogP contribution in [0.3, 0.4) is 0 Å². The van der Waals surface area contributed by atoms with E-state index in [0.29, 0.717) is 23.6 Å². The van der Waals surface area contributed by atoms with E-state index in [9.17, 15) is 13.6 Å². The number of nitrogens with zero attached hydrogens (tertiary/aromatic N) is 1. The van der Waals surface area contributed by atoms with Crippen LogP contribution in [0, 0.1) is 17.6 Å². The van der Waals surface area contributed by atoms with Gasteiger partial charge in [-0.15, -0.1) is 0 Å². The van der Waals surface area contributed by atoms with Crippen LogP contribution >= 0.6 is 0 Å². The van der Waals surface area contributed by atoms with Gasteiger partial charge in [-0.3, -0.25) is 4.79 Å². The van der Waals surface area contributed by atoms with E-state index in [2.05, 4.69) is 54.2 Å². The largest absolute Gasteiger partial charge is 0.489 e. The van der Waals surface area contributed by atoms with Crippen LogP contribution in [0.25, 0.3) is 10.9 Å². The van der Waals surface area contributed by atoms with Gasteiger partial charge in [-0.05, 0) is 66.6 Å². The normalized spacial score (nSPS) is 19.3. The molecule has 5 rings (SSSR count). The molecule has 1 aromatic heterocycles. The molecule has 0 saturated carbocycles. The average Bonchev–Trinajstić information content (AvgIpc) is 3.51. The van der Waals surface area contributed by atoms with Crippen LogP contribution in [0.1, 0.15) is 61.1 Å². The van der Waals surface area contributed by atoms with Crippen LogP contribution in [0.15, 0.2) is 60.2 Å². The Labute approximate surface area is 222 Å². The van der Waals surface area contributed by atoms with Crippen molar-refractivity contribution in [3.63, 3.8) is 0 Å². The highest BCUT2D eigenvalue weighted by molar-refractivity contribution is 6.09. The highest BCUT2D eigenvalue weighted by atomic mass is 19.2. The van der Waals surface area contributed by atoms with E-state index in [1.807, 2.05) is 18.2 Å². The Kier molecular flexibility index (Phi) is 7.65. The number of allylic oxidation sites excluding steroid dienone is 4. The van der Waals surface area contributed by atoms with Crippen molar-refractivity contribution in [3.05, 3.63) is 88.7 Å². The van der Waals surface area contributed by atoms with Gasteiger partial charge in [-0.2, -0.15) is 0 Å². The average molecular weight is 520 g/mol. The van der Waals surface area contributed by atoms with E-state index in [4.69, 9.17) is 4.74 Å². The SMILES string of the molecule is CC1C=CC=C(Cn2c(C(C)C)c(C(=O)NCc3ccc(F)c(F)c3)c3ccc(OC4CCNC4)cc32)C1. The quantitative estimate of drug-likeness (QED) is 0.371. The number of carbonyl (C=O) groups is 1. The first kappa shape index (κ1) is 26.2. The summed E-state index contributed by atoms with van der Waals surface area (Å²) in [5.74, 6) is -0.733. The van der Waals surface area contributed by atoms with E-state index in [1.54, 1.807) is 0 Å². The second-order valence-corrected chi connectivity index (χ2v) is 10.7. The zero-order valence-corrected chi connectivity index (χ0v) is 22.2. The molecule has 1 saturated heterocycles. The molecule has 7 heteroatoms. The molecule has 38 heavy (non-hydrogen) atoms. The van der Waals surface area contributed by atoms with Gasteiger partial charge in [0.25, 0.3) is 5.91 Å². The highest BCUT2D eigenvalue weighted by Crippen LogP contribution is 2.35. The summed E-state index contributed by atoms with van der Waals surface area (Å²) in [7, 11) is 0. The fourth-order valence-corrected chi connectivity index (χ4v) is 5.52. The van der Waals surface area contributed by atoms with Gasteiger partial charge in [0.2, 0.25) is 0 Å². The number of halogens is 2. The standard InChI is InChI=1S/C31H35F2N3O2/c1-19(2)30-29(31(37)35-16-21-7-10-26(32)27(33)14-21)25-9-8-23(38-24-11-12-34-17-24)15-28(25)36(30)18-22-6-4-5-20(3)13-22/h4-10,14-15,19-20,24,34H,11-13,16-18H2,1-3H3,(H,35,37). The van der Waals surface area contributed by atoms with Crippen molar-refractivity contribution in [2.75, 3.05) is 13.1 Å². The lowest BCUT2D eigenvalue weighted by molar-refractivity contribution is 0.0951. The molecule has 0 spiro atoms. The first-order chi connectivity index (χ1) is 18.3. The van der Waals surface area contributed by atoms with E-state index in [-0.39, 0.29) is 24.5 Å². The van der Waals surface area contributed by atoms with Crippen molar-refractivity contribution >= 4 is 16.8 Å². The zero-order chi connectivity index (χ0) is 26.8. The molecular weight excluding hydrogens is 484 g/mol. The first-order valence-corrected chi connectivity index (χ1v) is 13.4. The molecule has 200 valence electrons. The number of carbonyl (C=O) groups excluding carboxylic acids is 1. The Hall–Kier alpha value is -3.45. The van der Waals surface area contributed by atoms with Crippen molar-refractivity contribution in [2.24, 2.45) is 5.92 Å². The molecule has 3 aromatic rings. The molecule has 0 radical (unpaired) electrons. The maximum atomic E-state index is 13.7. The second kappa shape index (κ2) is 11.1. The van der Waals surface area contributed by atoms with Gasteiger partial charge in [-0.1, -0.05) is 45.1 Å². The Morgan fingerprint density at radius 1 is 1.18 bits per heavy atom. The van der Waals surface area contributed by atoms with Crippen molar-refractivity contribution in [2.45, 2.75) is 58.7 Å². The summed E-state index contributed by atoms with van der Waals surface area (Å²) in [6.07, 6.45) is 8.55. The number of amides is 1. The summed E-state index contributed by atoms with van der Waals surface area (Å²) >= 11 is 0. The van der Waals surface area contributed by atoms with Gasteiger partial charge in [0.15, 0.2) is 11.6 Å². The fraction of sp³-hybridized carbons (Fsp3) is 0.387. The molecule has 1 fully saturated rings. The van der Waals surface area contributed by atoms with Gasteiger partial charge in [0.05, 0.1) is 11.1 Å². The number of ether oxygens (including phenoxy) is 1. The summed E-state index contributed by atoms with van der Waals surface area (Å²) < 4.78 is 35.6. The van der Waals surface area contributed by atoms with E-state index in [0.717, 1.165) is 60.4 Å². The maximum absolute atomic E-state index is 13.7. The third-order valence-corrected chi connectivity index (χ3v) is 7.32. The van der Waals surface area contributed by atoms with Crippen LogP contribution in [-0.2, 0) is 13.1 Å². The predicted molar refractivity (Wildman–Crippen MR) is 146 cm³/mol. The molecule has 5 nitrogen and oxygen atoms in total. The summed E-state index contributed by atoms with van der Waals surface area (Å²) in [4.78, 5) is 13.7. The lowest BCUT2D eigenvalue weighted by Gasteiger charge is -2.20. The summed E-state index contributed by atoms with van der Waals surface area (Å²) in [5, 5.41) is 7.13. The Bertz CT molecular complexity index is 1400. The van der Waals surface area contributed by atoms with E-state index < -0.39 is 11.6 Å². The Morgan fingerprint density at radius 2 is 2.03 bits per heavy atom. The maximum Gasteiger partial charge on any atom is 0.254 e. The number of rotatable bonds is 8.